The van der Waals surface area contributed by atoms with Crippen LogP contribution in [0.5, 0.6) is 12.0 Å². The van der Waals surface area contributed by atoms with Crippen molar-refractivity contribution in [2.75, 3.05) is 32.3 Å². The van der Waals surface area contributed by atoms with Gasteiger partial charge in [0.25, 0.3) is 0 Å². The van der Waals surface area contributed by atoms with E-state index < -0.39 is 14.6 Å². The molecule has 0 aromatic carbocycles. The van der Waals surface area contributed by atoms with Crippen LogP contribution in [0, 0.1) is 0 Å². The van der Waals surface area contributed by atoms with Gasteiger partial charge in [-0.3, -0.25) is 0 Å². The van der Waals surface area contributed by atoms with Crippen LogP contribution in [0.15, 0.2) is 0 Å². The van der Waals surface area contributed by atoms with Crippen LogP contribution in [-0.2, 0) is 9.84 Å². The van der Waals surface area contributed by atoms with Gasteiger partial charge in [-0.15, -0.1) is 4.98 Å². The van der Waals surface area contributed by atoms with Gasteiger partial charge in [0.05, 0.1) is 19.0 Å². The Morgan fingerprint density at radius 2 is 1.58 bits per heavy atom. The SMILES string of the molecule is COc1nc(NCC(C)(C)S(C)(=O)=O)nc(OC)n1. The summed E-state index contributed by atoms with van der Waals surface area (Å²) in [6.45, 7) is 3.39. The maximum atomic E-state index is 11.6. The molecule has 0 fully saturated rings. The molecule has 19 heavy (non-hydrogen) atoms. The van der Waals surface area contributed by atoms with Crippen molar-refractivity contribution in [2.45, 2.75) is 18.6 Å². The molecule has 108 valence electrons. The third-order valence-electron chi connectivity index (χ3n) is 2.64. The monoisotopic (exact) mass is 290 g/mol. The summed E-state index contributed by atoms with van der Waals surface area (Å²) in [4.78, 5) is 11.7. The number of hydrogen-bond acceptors (Lipinski definition) is 8. The molecule has 0 atom stereocenters. The molecule has 0 spiro atoms. The van der Waals surface area contributed by atoms with Gasteiger partial charge < -0.3 is 14.8 Å². The van der Waals surface area contributed by atoms with Gasteiger partial charge in [0.15, 0.2) is 9.84 Å². The maximum Gasteiger partial charge on any atom is 0.324 e. The maximum absolute atomic E-state index is 11.6. The quantitative estimate of drug-likeness (QED) is 0.788. The summed E-state index contributed by atoms with van der Waals surface area (Å²) in [5.74, 6) is 0.195. The van der Waals surface area contributed by atoms with E-state index in [2.05, 4.69) is 20.3 Å². The molecule has 0 aliphatic rings. The number of ether oxygens (including phenoxy) is 2. The number of rotatable bonds is 6. The first-order chi connectivity index (χ1) is 8.69. The van der Waals surface area contributed by atoms with Crippen LogP contribution in [-0.4, -0.2) is 55.1 Å². The molecular weight excluding hydrogens is 272 g/mol. The largest absolute Gasteiger partial charge is 0.467 e. The number of methoxy groups -OCH3 is 2. The van der Waals surface area contributed by atoms with E-state index >= 15 is 0 Å². The van der Waals surface area contributed by atoms with Crippen molar-refractivity contribution in [1.82, 2.24) is 15.0 Å². The Morgan fingerprint density at radius 3 is 1.95 bits per heavy atom. The lowest BCUT2D eigenvalue weighted by molar-refractivity contribution is 0.341. The van der Waals surface area contributed by atoms with Gasteiger partial charge in [0.1, 0.15) is 0 Å². The highest BCUT2D eigenvalue weighted by Crippen LogP contribution is 2.17. The van der Waals surface area contributed by atoms with E-state index in [0.29, 0.717) is 0 Å². The first-order valence-electron chi connectivity index (χ1n) is 5.47. The molecule has 0 saturated heterocycles. The second-order valence-corrected chi connectivity index (χ2v) is 7.17. The van der Waals surface area contributed by atoms with Crippen molar-refractivity contribution in [3.63, 3.8) is 0 Å². The predicted octanol–water partition coefficient (Wildman–Crippen LogP) is 0.124. The third-order valence-corrected chi connectivity index (χ3v) is 4.79. The average Bonchev–Trinajstić information content (AvgIpc) is 2.34. The number of nitrogens with one attached hydrogen (secondary N) is 1. The fraction of sp³-hybridized carbons (Fsp3) is 0.700. The van der Waals surface area contributed by atoms with E-state index in [1.165, 1.54) is 20.5 Å². The number of aromatic nitrogens is 3. The minimum Gasteiger partial charge on any atom is -0.467 e. The van der Waals surface area contributed by atoms with Crippen LogP contribution in [0.3, 0.4) is 0 Å². The molecule has 0 unspecified atom stereocenters. The molecular formula is C10H18N4O4S. The van der Waals surface area contributed by atoms with Gasteiger partial charge in [-0.05, 0) is 13.8 Å². The Morgan fingerprint density at radius 1 is 1.11 bits per heavy atom. The lowest BCUT2D eigenvalue weighted by atomic mass is 10.2. The number of anilines is 1. The van der Waals surface area contributed by atoms with E-state index in [-0.39, 0.29) is 24.5 Å². The van der Waals surface area contributed by atoms with Gasteiger partial charge in [0, 0.05) is 12.8 Å². The second kappa shape index (κ2) is 5.55. The Balaban J connectivity index is 2.89. The van der Waals surface area contributed by atoms with E-state index in [1.54, 1.807) is 13.8 Å². The smallest absolute Gasteiger partial charge is 0.324 e. The summed E-state index contributed by atoms with van der Waals surface area (Å²) >= 11 is 0. The lowest BCUT2D eigenvalue weighted by Gasteiger charge is -2.22. The molecule has 1 rings (SSSR count). The van der Waals surface area contributed by atoms with Crippen LogP contribution in [0.1, 0.15) is 13.8 Å². The van der Waals surface area contributed by atoms with Crippen LogP contribution < -0.4 is 14.8 Å². The highest BCUT2D eigenvalue weighted by Gasteiger charge is 2.30. The van der Waals surface area contributed by atoms with Crippen molar-refractivity contribution in [1.29, 1.82) is 0 Å². The average molecular weight is 290 g/mol. The van der Waals surface area contributed by atoms with E-state index in [4.69, 9.17) is 9.47 Å². The molecule has 0 amide bonds. The molecule has 0 radical (unpaired) electrons. The summed E-state index contributed by atoms with van der Waals surface area (Å²) < 4.78 is 32.0. The minimum absolute atomic E-state index is 0.0894. The molecule has 9 heteroatoms. The fourth-order valence-electron chi connectivity index (χ4n) is 1.02. The molecule has 1 N–H and O–H groups in total. The van der Waals surface area contributed by atoms with Gasteiger partial charge in [-0.25, -0.2) is 8.42 Å². The van der Waals surface area contributed by atoms with Crippen LogP contribution in [0.2, 0.25) is 0 Å². The molecule has 1 heterocycles. The topological polar surface area (TPSA) is 103 Å². The summed E-state index contributed by atoms with van der Waals surface area (Å²) in [5, 5.41) is 2.84. The Bertz CT molecular complexity index is 522. The molecule has 0 aliphatic heterocycles. The molecule has 0 saturated carbocycles. The van der Waals surface area contributed by atoms with Gasteiger partial charge in [0.2, 0.25) is 5.95 Å². The van der Waals surface area contributed by atoms with Crippen molar-refractivity contribution in [3.8, 4) is 12.0 Å². The van der Waals surface area contributed by atoms with E-state index in [0.717, 1.165) is 0 Å². The normalized spacial score (nSPS) is 12.1. The number of sulfone groups is 1. The van der Waals surface area contributed by atoms with Crippen LogP contribution >= 0.6 is 0 Å². The predicted molar refractivity (Wildman–Crippen MR) is 70.3 cm³/mol. The van der Waals surface area contributed by atoms with E-state index in [9.17, 15) is 8.42 Å². The first kappa shape index (κ1) is 15.4. The third kappa shape index (κ3) is 3.91. The Hall–Kier alpha value is -1.64. The van der Waals surface area contributed by atoms with Crippen molar-refractivity contribution in [2.24, 2.45) is 0 Å². The standard InChI is InChI=1S/C10H18N4O4S/c1-10(2,19(5,15)16)6-11-7-12-8(17-3)14-9(13-7)18-4/h6H2,1-5H3,(H,11,12,13,14). The van der Waals surface area contributed by atoms with Gasteiger partial charge in [-0.2, -0.15) is 9.97 Å². The Labute approximate surface area is 112 Å². The highest BCUT2D eigenvalue weighted by atomic mass is 32.2. The molecule has 0 aliphatic carbocycles. The van der Waals surface area contributed by atoms with Crippen LogP contribution in [0.25, 0.3) is 0 Å². The zero-order chi connectivity index (χ0) is 14.7. The zero-order valence-electron chi connectivity index (χ0n) is 11.6. The highest BCUT2D eigenvalue weighted by molar-refractivity contribution is 7.92. The van der Waals surface area contributed by atoms with Crippen LogP contribution in [0.4, 0.5) is 5.95 Å². The fourth-order valence-corrected chi connectivity index (χ4v) is 1.36. The van der Waals surface area contributed by atoms with E-state index in [1.807, 2.05) is 0 Å². The Kier molecular flexibility index (Phi) is 4.51. The van der Waals surface area contributed by atoms with Gasteiger partial charge >= 0.3 is 12.0 Å². The summed E-state index contributed by atoms with van der Waals surface area (Å²) in [5.41, 5.74) is 0. The zero-order valence-corrected chi connectivity index (χ0v) is 12.4. The van der Waals surface area contributed by atoms with Crippen molar-refractivity contribution in [3.05, 3.63) is 0 Å². The summed E-state index contributed by atoms with van der Waals surface area (Å²) in [6.07, 6.45) is 1.18. The van der Waals surface area contributed by atoms with Gasteiger partial charge in [-0.1, -0.05) is 0 Å². The second-order valence-electron chi connectivity index (χ2n) is 4.52. The summed E-state index contributed by atoms with van der Waals surface area (Å²) in [7, 11) is -0.369. The molecule has 1 aromatic rings. The van der Waals surface area contributed by atoms with Crippen molar-refractivity contribution < 1.29 is 17.9 Å². The summed E-state index contributed by atoms with van der Waals surface area (Å²) in [6, 6.07) is 0.179. The lowest BCUT2D eigenvalue weighted by Crippen LogP contribution is -2.38. The molecule has 8 nitrogen and oxygen atoms in total. The minimum atomic E-state index is -3.20. The molecule has 1 aromatic heterocycles. The first-order valence-corrected chi connectivity index (χ1v) is 7.36. The number of nitrogens with zero attached hydrogens (tertiary/aromatic N) is 3. The van der Waals surface area contributed by atoms with Crippen molar-refractivity contribution >= 4 is 15.8 Å². The number of hydrogen-bond donors (Lipinski definition) is 1. The molecule has 0 bridgehead atoms.